The number of rotatable bonds is 6. The lowest BCUT2D eigenvalue weighted by molar-refractivity contribution is 0.262. The number of hydrogen-bond acceptors (Lipinski definition) is 5. The smallest absolute Gasteiger partial charge is 0.323 e. The number of nitrogens with one attached hydrogen (secondary N) is 2. The van der Waals surface area contributed by atoms with Crippen LogP contribution in [-0.2, 0) is 16.4 Å². The summed E-state index contributed by atoms with van der Waals surface area (Å²) in [5.74, 6) is 1.05. The minimum absolute atomic E-state index is 0.231. The Balaban J connectivity index is 1.55. The van der Waals surface area contributed by atoms with Gasteiger partial charge in [-0.2, -0.15) is 0 Å². The van der Waals surface area contributed by atoms with Gasteiger partial charge in [-0.05, 0) is 48.4 Å². The fourth-order valence-corrected chi connectivity index (χ4v) is 5.11. The summed E-state index contributed by atoms with van der Waals surface area (Å²) in [6, 6.07) is 18.1. The van der Waals surface area contributed by atoms with Crippen molar-refractivity contribution in [1.29, 1.82) is 0 Å². The molecular weight excluding hydrogens is 430 g/mol. The number of nitrogens with zero attached hydrogens (tertiary/aromatic N) is 1. The molecule has 1 heterocycles. The number of urea groups is 1. The second kappa shape index (κ2) is 8.80. The quantitative estimate of drug-likeness (QED) is 0.586. The predicted molar refractivity (Wildman–Crippen MR) is 123 cm³/mol. The molecule has 32 heavy (non-hydrogen) atoms. The van der Waals surface area contributed by atoms with Crippen LogP contribution in [0.4, 0.5) is 21.9 Å². The van der Waals surface area contributed by atoms with Crippen molar-refractivity contribution in [1.82, 2.24) is 0 Å². The average Bonchev–Trinajstić information content (AvgIpc) is 3.23. The van der Waals surface area contributed by atoms with Crippen molar-refractivity contribution in [3.8, 4) is 11.5 Å². The van der Waals surface area contributed by atoms with Crippen molar-refractivity contribution < 1.29 is 22.7 Å². The van der Waals surface area contributed by atoms with Crippen LogP contribution in [0, 0.1) is 0 Å². The largest absolute Gasteiger partial charge is 0.497 e. The zero-order valence-corrected chi connectivity index (χ0v) is 18.5. The monoisotopic (exact) mass is 453 g/mol. The molecule has 0 aliphatic carbocycles. The maximum Gasteiger partial charge on any atom is 0.323 e. The topological polar surface area (TPSA) is 97.0 Å². The highest BCUT2D eigenvalue weighted by Crippen LogP contribution is 2.35. The Kier molecular flexibility index (Phi) is 5.91. The lowest BCUT2D eigenvalue weighted by Crippen LogP contribution is -2.29. The van der Waals surface area contributed by atoms with Gasteiger partial charge < -0.3 is 20.1 Å². The van der Waals surface area contributed by atoms with Gasteiger partial charge in [-0.15, -0.1) is 0 Å². The van der Waals surface area contributed by atoms with E-state index >= 15 is 0 Å². The molecule has 1 aliphatic heterocycles. The molecule has 0 saturated carbocycles. The molecule has 8 nitrogen and oxygen atoms in total. The number of carbonyl (C=O) groups excluding carboxylic acids is 1. The number of anilines is 3. The standard InChI is InChI=1S/C23H23N3O5S/c1-30-18-10-11-22(31-2)20(15-18)25-23(27)24-17-9-8-16-12-13-26(21(16)14-17)32(28,29)19-6-4-3-5-7-19/h3-11,14-15H,12-13H2,1-2H3,(H2,24,25,27). The van der Waals surface area contributed by atoms with E-state index in [1.807, 2.05) is 6.07 Å². The van der Waals surface area contributed by atoms with Gasteiger partial charge >= 0.3 is 6.03 Å². The normalized spacial score (nSPS) is 12.8. The molecule has 166 valence electrons. The second-order valence-electron chi connectivity index (χ2n) is 7.13. The number of amides is 2. The van der Waals surface area contributed by atoms with E-state index in [2.05, 4.69) is 10.6 Å². The lowest BCUT2D eigenvalue weighted by atomic mass is 10.1. The summed E-state index contributed by atoms with van der Waals surface area (Å²) >= 11 is 0. The van der Waals surface area contributed by atoms with Gasteiger partial charge in [0.25, 0.3) is 10.0 Å². The van der Waals surface area contributed by atoms with Gasteiger partial charge in [0.05, 0.1) is 30.5 Å². The maximum absolute atomic E-state index is 13.1. The molecule has 3 aromatic carbocycles. The van der Waals surface area contributed by atoms with E-state index in [0.29, 0.717) is 41.5 Å². The SMILES string of the molecule is COc1ccc(OC)c(NC(=O)Nc2ccc3c(c2)N(S(=O)(=O)c2ccccc2)CC3)c1. The molecule has 9 heteroatoms. The Hall–Kier alpha value is -3.72. The van der Waals surface area contributed by atoms with Crippen molar-refractivity contribution in [3.05, 3.63) is 72.3 Å². The van der Waals surface area contributed by atoms with E-state index in [4.69, 9.17) is 9.47 Å². The van der Waals surface area contributed by atoms with Gasteiger partial charge in [0.15, 0.2) is 0 Å². The first-order chi connectivity index (χ1) is 15.4. The molecule has 0 spiro atoms. The maximum atomic E-state index is 13.1. The molecule has 2 N–H and O–H groups in total. The minimum atomic E-state index is -3.69. The molecule has 0 atom stereocenters. The molecule has 1 aliphatic rings. The Labute approximate surface area is 186 Å². The number of fused-ring (bicyclic) bond motifs is 1. The van der Waals surface area contributed by atoms with Crippen molar-refractivity contribution in [2.75, 3.05) is 35.7 Å². The van der Waals surface area contributed by atoms with E-state index in [9.17, 15) is 13.2 Å². The van der Waals surface area contributed by atoms with Gasteiger partial charge in [0.2, 0.25) is 0 Å². The lowest BCUT2D eigenvalue weighted by Gasteiger charge is -2.20. The molecule has 0 unspecified atom stereocenters. The van der Waals surface area contributed by atoms with Gasteiger partial charge in [-0.25, -0.2) is 13.2 Å². The number of benzene rings is 3. The third kappa shape index (κ3) is 4.19. The van der Waals surface area contributed by atoms with Gasteiger partial charge in [0.1, 0.15) is 11.5 Å². The number of ether oxygens (including phenoxy) is 2. The van der Waals surface area contributed by atoms with Crippen LogP contribution >= 0.6 is 0 Å². The van der Waals surface area contributed by atoms with Crippen molar-refractivity contribution in [2.24, 2.45) is 0 Å². The summed E-state index contributed by atoms with van der Waals surface area (Å²) < 4.78 is 38.1. The van der Waals surface area contributed by atoms with Crippen LogP contribution in [0.25, 0.3) is 0 Å². The number of methoxy groups -OCH3 is 2. The predicted octanol–water partition coefficient (Wildman–Crippen LogP) is 4.10. The Bertz CT molecular complexity index is 1250. The summed E-state index contributed by atoms with van der Waals surface area (Å²) in [6.07, 6.45) is 0.606. The molecule has 2 amide bonds. The van der Waals surface area contributed by atoms with Crippen molar-refractivity contribution >= 4 is 33.1 Å². The van der Waals surface area contributed by atoms with Gasteiger partial charge in [-0.3, -0.25) is 4.31 Å². The van der Waals surface area contributed by atoms with Crippen LogP contribution < -0.4 is 24.4 Å². The van der Waals surface area contributed by atoms with E-state index in [-0.39, 0.29) is 4.90 Å². The Morgan fingerprint density at radius 1 is 0.938 bits per heavy atom. The van der Waals surface area contributed by atoms with Gasteiger partial charge in [-0.1, -0.05) is 24.3 Å². The molecule has 0 saturated heterocycles. The first-order valence-electron chi connectivity index (χ1n) is 9.93. The molecule has 0 fully saturated rings. The first-order valence-corrected chi connectivity index (χ1v) is 11.4. The highest BCUT2D eigenvalue weighted by Gasteiger charge is 2.31. The minimum Gasteiger partial charge on any atom is -0.497 e. The summed E-state index contributed by atoms with van der Waals surface area (Å²) in [6.45, 7) is 0.350. The second-order valence-corrected chi connectivity index (χ2v) is 8.99. The molecule has 0 aromatic heterocycles. The summed E-state index contributed by atoms with van der Waals surface area (Å²) in [5.41, 5.74) is 2.38. The van der Waals surface area contributed by atoms with Crippen molar-refractivity contribution in [2.45, 2.75) is 11.3 Å². The first kappa shape index (κ1) is 21.5. The molecule has 0 radical (unpaired) electrons. The fourth-order valence-electron chi connectivity index (χ4n) is 3.59. The molecular formula is C23H23N3O5S. The third-order valence-corrected chi connectivity index (χ3v) is 7.01. The zero-order valence-electron chi connectivity index (χ0n) is 17.7. The summed E-state index contributed by atoms with van der Waals surface area (Å²) in [5, 5.41) is 5.49. The Morgan fingerprint density at radius 3 is 2.44 bits per heavy atom. The molecule has 4 rings (SSSR count). The molecule has 0 bridgehead atoms. The highest BCUT2D eigenvalue weighted by atomic mass is 32.2. The fraction of sp³-hybridized carbons (Fsp3) is 0.174. The summed E-state index contributed by atoms with van der Waals surface area (Å²) in [4.78, 5) is 12.8. The number of carbonyl (C=O) groups is 1. The zero-order chi connectivity index (χ0) is 22.7. The third-order valence-electron chi connectivity index (χ3n) is 5.18. The van der Waals surface area contributed by atoms with Crippen LogP contribution in [0.5, 0.6) is 11.5 Å². The van der Waals surface area contributed by atoms with Crippen LogP contribution in [0.3, 0.4) is 0 Å². The van der Waals surface area contributed by atoms with Crippen LogP contribution in [0.15, 0.2) is 71.6 Å². The summed E-state index contributed by atoms with van der Waals surface area (Å²) in [7, 11) is -0.648. The van der Waals surface area contributed by atoms with Crippen LogP contribution in [0.1, 0.15) is 5.56 Å². The average molecular weight is 454 g/mol. The van der Waals surface area contributed by atoms with E-state index < -0.39 is 16.1 Å². The number of hydrogen-bond donors (Lipinski definition) is 2. The Morgan fingerprint density at radius 2 is 1.72 bits per heavy atom. The van der Waals surface area contributed by atoms with E-state index in [1.54, 1.807) is 60.7 Å². The van der Waals surface area contributed by atoms with E-state index in [0.717, 1.165) is 5.56 Å². The van der Waals surface area contributed by atoms with E-state index in [1.165, 1.54) is 18.5 Å². The van der Waals surface area contributed by atoms with Crippen LogP contribution in [0.2, 0.25) is 0 Å². The number of sulfonamides is 1. The van der Waals surface area contributed by atoms with Gasteiger partial charge in [0, 0.05) is 18.3 Å². The highest BCUT2D eigenvalue weighted by molar-refractivity contribution is 7.92. The van der Waals surface area contributed by atoms with Crippen molar-refractivity contribution in [3.63, 3.8) is 0 Å². The molecule has 3 aromatic rings. The van der Waals surface area contributed by atoms with Crippen LogP contribution in [-0.4, -0.2) is 35.2 Å².